The van der Waals surface area contributed by atoms with Crippen LogP contribution >= 0.6 is 0 Å². The van der Waals surface area contributed by atoms with Crippen molar-refractivity contribution in [2.45, 2.75) is 13.0 Å². The fourth-order valence-electron chi connectivity index (χ4n) is 1.59. The van der Waals surface area contributed by atoms with E-state index < -0.39 is 0 Å². The summed E-state index contributed by atoms with van der Waals surface area (Å²) in [6.07, 6.45) is 8.54. The summed E-state index contributed by atoms with van der Waals surface area (Å²) in [4.78, 5) is 4.27. The van der Waals surface area contributed by atoms with Gasteiger partial charge in [-0.15, -0.1) is 0 Å². The van der Waals surface area contributed by atoms with Gasteiger partial charge in [-0.05, 0) is 6.07 Å². The van der Waals surface area contributed by atoms with Crippen LogP contribution in [0.5, 0.6) is 0 Å². The van der Waals surface area contributed by atoms with Crippen molar-refractivity contribution in [1.29, 1.82) is 0 Å². The van der Waals surface area contributed by atoms with Gasteiger partial charge in [-0.2, -0.15) is 5.10 Å². The topological polar surface area (TPSA) is 47.7 Å². The van der Waals surface area contributed by atoms with Crippen molar-refractivity contribution in [3.8, 4) is 0 Å². The fourth-order valence-corrected chi connectivity index (χ4v) is 1.59. The van der Waals surface area contributed by atoms with Crippen molar-refractivity contribution >= 4 is 0 Å². The lowest BCUT2D eigenvalue weighted by Gasteiger charge is -2.05. The number of aryl methyl sites for hydroxylation is 1. The molecule has 1 N–H and O–H groups in total. The quantitative estimate of drug-likeness (QED) is 0.718. The highest BCUT2D eigenvalue weighted by Crippen LogP contribution is 1.93. The second-order valence-electron chi connectivity index (χ2n) is 3.72. The number of imidazole rings is 1. The van der Waals surface area contributed by atoms with Gasteiger partial charge in [0.2, 0.25) is 0 Å². The van der Waals surface area contributed by atoms with Gasteiger partial charge in [0.05, 0.1) is 6.54 Å². The molecular formula is C11H17N5. The number of hydrogen-bond acceptors (Lipinski definition) is 3. The SMILES string of the molecule is Cn1ccnc1CCNCCn1cccn1. The molecule has 0 bridgehead atoms. The van der Waals surface area contributed by atoms with Crippen LogP contribution in [0.25, 0.3) is 0 Å². The molecule has 0 spiro atoms. The summed E-state index contributed by atoms with van der Waals surface area (Å²) in [7, 11) is 2.02. The van der Waals surface area contributed by atoms with Crippen molar-refractivity contribution < 1.29 is 0 Å². The van der Waals surface area contributed by atoms with Crippen LogP contribution in [-0.4, -0.2) is 32.4 Å². The van der Waals surface area contributed by atoms with Crippen molar-refractivity contribution in [3.63, 3.8) is 0 Å². The first-order valence-electron chi connectivity index (χ1n) is 5.50. The summed E-state index contributed by atoms with van der Waals surface area (Å²) < 4.78 is 3.98. The largest absolute Gasteiger partial charge is 0.338 e. The van der Waals surface area contributed by atoms with Gasteiger partial charge in [0.15, 0.2) is 0 Å². The van der Waals surface area contributed by atoms with Gasteiger partial charge < -0.3 is 9.88 Å². The Kier molecular flexibility index (Phi) is 3.71. The van der Waals surface area contributed by atoms with E-state index >= 15 is 0 Å². The standard InChI is InChI=1S/C11H17N5/c1-15-9-7-13-11(15)3-5-12-6-10-16-8-2-4-14-16/h2,4,7-9,12H,3,5-6,10H2,1H3. The zero-order valence-electron chi connectivity index (χ0n) is 9.50. The van der Waals surface area contributed by atoms with Crippen LogP contribution in [0.4, 0.5) is 0 Å². The fraction of sp³-hybridized carbons (Fsp3) is 0.455. The molecule has 0 aliphatic heterocycles. The summed E-state index contributed by atoms with van der Waals surface area (Å²) in [5.74, 6) is 1.12. The molecule has 0 saturated carbocycles. The number of nitrogens with one attached hydrogen (secondary N) is 1. The van der Waals surface area contributed by atoms with Gasteiger partial charge >= 0.3 is 0 Å². The molecule has 16 heavy (non-hydrogen) atoms. The maximum Gasteiger partial charge on any atom is 0.109 e. The van der Waals surface area contributed by atoms with E-state index in [0.717, 1.165) is 31.9 Å². The molecule has 5 heteroatoms. The van der Waals surface area contributed by atoms with Crippen molar-refractivity contribution in [3.05, 3.63) is 36.7 Å². The van der Waals surface area contributed by atoms with E-state index in [1.807, 2.05) is 36.4 Å². The zero-order valence-corrected chi connectivity index (χ0v) is 9.50. The molecule has 0 aliphatic carbocycles. The smallest absolute Gasteiger partial charge is 0.109 e. The monoisotopic (exact) mass is 219 g/mol. The summed E-state index contributed by atoms with van der Waals surface area (Å²) in [5, 5.41) is 7.51. The normalized spacial score (nSPS) is 10.8. The predicted molar refractivity (Wildman–Crippen MR) is 62.0 cm³/mol. The minimum atomic E-state index is 0.910. The number of rotatable bonds is 6. The third-order valence-electron chi connectivity index (χ3n) is 2.52. The first-order valence-corrected chi connectivity index (χ1v) is 5.50. The summed E-state index contributed by atoms with van der Waals surface area (Å²) in [5.41, 5.74) is 0. The van der Waals surface area contributed by atoms with Gasteiger partial charge in [-0.3, -0.25) is 4.68 Å². The second kappa shape index (κ2) is 5.46. The van der Waals surface area contributed by atoms with E-state index in [4.69, 9.17) is 0 Å². The van der Waals surface area contributed by atoms with Crippen LogP contribution in [0.3, 0.4) is 0 Å². The van der Waals surface area contributed by atoms with E-state index in [-0.39, 0.29) is 0 Å². The first-order chi connectivity index (χ1) is 7.86. The Bertz CT molecular complexity index is 404. The molecule has 0 radical (unpaired) electrons. The second-order valence-corrected chi connectivity index (χ2v) is 3.72. The van der Waals surface area contributed by atoms with Crippen molar-refractivity contribution in [2.75, 3.05) is 13.1 Å². The maximum atomic E-state index is 4.27. The summed E-state index contributed by atoms with van der Waals surface area (Å²) in [6.45, 7) is 2.80. The highest BCUT2D eigenvalue weighted by Gasteiger charge is 1.97. The number of hydrogen-bond donors (Lipinski definition) is 1. The lowest BCUT2D eigenvalue weighted by atomic mass is 10.4. The third kappa shape index (κ3) is 2.93. The Hall–Kier alpha value is -1.62. The van der Waals surface area contributed by atoms with E-state index in [2.05, 4.69) is 20.0 Å². The van der Waals surface area contributed by atoms with Crippen LogP contribution in [0.15, 0.2) is 30.9 Å². The summed E-state index contributed by atoms with van der Waals surface area (Å²) >= 11 is 0. The van der Waals surface area contributed by atoms with Gasteiger partial charge in [0, 0.05) is 51.3 Å². The van der Waals surface area contributed by atoms with Gasteiger partial charge in [-0.1, -0.05) is 0 Å². The van der Waals surface area contributed by atoms with Gasteiger partial charge in [0.25, 0.3) is 0 Å². The predicted octanol–water partition coefficient (Wildman–Crippen LogP) is 0.449. The Balaban J connectivity index is 1.61. The molecule has 5 nitrogen and oxygen atoms in total. The highest BCUT2D eigenvalue weighted by atomic mass is 15.3. The highest BCUT2D eigenvalue weighted by molar-refractivity contribution is 4.91. The van der Waals surface area contributed by atoms with Gasteiger partial charge in [0.1, 0.15) is 5.82 Å². The number of aromatic nitrogens is 4. The third-order valence-corrected chi connectivity index (χ3v) is 2.52. The van der Waals surface area contributed by atoms with Crippen LogP contribution in [0, 0.1) is 0 Å². The van der Waals surface area contributed by atoms with E-state index in [0.29, 0.717) is 0 Å². The van der Waals surface area contributed by atoms with Crippen LogP contribution in [0.1, 0.15) is 5.82 Å². The molecule has 0 aromatic carbocycles. The average molecular weight is 219 g/mol. The Morgan fingerprint density at radius 1 is 1.25 bits per heavy atom. The van der Waals surface area contributed by atoms with E-state index in [1.165, 1.54) is 0 Å². The lowest BCUT2D eigenvalue weighted by molar-refractivity contribution is 0.551. The minimum Gasteiger partial charge on any atom is -0.338 e. The minimum absolute atomic E-state index is 0.910. The molecule has 0 unspecified atom stereocenters. The molecule has 0 amide bonds. The molecule has 0 fully saturated rings. The molecule has 2 aromatic heterocycles. The summed E-state index contributed by atoms with van der Waals surface area (Å²) in [6, 6.07) is 1.94. The molecular weight excluding hydrogens is 202 g/mol. The first kappa shape index (κ1) is 10.9. The average Bonchev–Trinajstić information content (AvgIpc) is 2.90. The molecule has 2 aromatic rings. The number of nitrogens with zero attached hydrogens (tertiary/aromatic N) is 4. The molecule has 0 aliphatic rings. The lowest BCUT2D eigenvalue weighted by Crippen LogP contribution is -2.23. The Morgan fingerprint density at radius 2 is 2.19 bits per heavy atom. The molecule has 86 valence electrons. The molecule has 0 saturated heterocycles. The molecule has 2 heterocycles. The van der Waals surface area contributed by atoms with Crippen LogP contribution < -0.4 is 5.32 Å². The molecule has 2 rings (SSSR count). The Labute approximate surface area is 95.1 Å². The molecule has 0 atom stereocenters. The van der Waals surface area contributed by atoms with E-state index in [1.54, 1.807) is 6.20 Å². The Morgan fingerprint density at radius 3 is 2.88 bits per heavy atom. The van der Waals surface area contributed by atoms with Crippen LogP contribution in [0.2, 0.25) is 0 Å². The van der Waals surface area contributed by atoms with Gasteiger partial charge in [-0.25, -0.2) is 4.98 Å². The van der Waals surface area contributed by atoms with Crippen LogP contribution in [-0.2, 0) is 20.0 Å². The van der Waals surface area contributed by atoms with E-state index in [9.17, 15) is 0 Å². The van der Waals surface area contributed by atoms with Crippen molar-refractivity contribution in [1.82, 2.24) is 24.6 Å². The van der Waals surface area contributed by atoms with Crippen molar-refractivity contribution in [2.24, 2.45) is 7.05 Å². The maximum absolute atomic E-state index is 4.27. The zero-order chi connectivity index (χ0) is 11.2.